The van der Waals surface area contributed by atoms with Crippen LogP contribution < -0.4 is 5.73 Å². The minimum atomic E-state index is -0.221. The summed E-state index contributed by atoms with van der Waals surface area (Å²) in [5.74, 6) is 0.330. The van der Waals surface area contributed by atoms with Gasteiger partial charge in [-0.3, -0.25) is 4.79 Å². The van der Waals surface area contributed by atoms with Gasteiger partial charge in [0.25, 0.3) is 0 Å². The number of nitrogens with two attached hydrogens (primary N) is 1. The van der Waals surface area contributed by atoms with E-state index in [0.29, 0.717) is 23.0 Å². The molecule has 2 unspecified atom stereocenters. The summed E-state index contributed by atoms with van der Waals surface area (Å²) >= 11 is 1.99. The monoisotopic (exact) mass is 256 g/mol. The van der Waals surface area contributed by atoms with Crippen molar-refractivity contribution in [3.8, 4) is 0 Å². The highest BCUT2D eigenvalue weighted by Gasteiger charge is 2.43. The maximum atomic E-state index is 12.7. The van der Waals surface area contributed by atoms with Crippen LogP contribution >= 0.6 is 11.8 Å². The lowest BCUT2D eigenvalue weighted by Crippen LogP contribution is -2.52. The molecule has 0 aromatic carbocycles. The summed E-state index contributed by atoms with van der Waals surface area (Å²) in [5, 5.41) is 1.11. The highest BCUT2D eigenvalue weighted by atomic mass is 32.2. The van der Waals surface area contributed by atoms with Crippen molar-refractivity contribution >= 4 is 17.7 Å². The molecule has 0 aromatic heterocycles. The van der Waals surface area contributed by atoms with Crippen LogP contribution in [0.25, 0.3) is 0 Å². The van der Waals surface area contributed by atoms with Crippen molar-refractivity contribution < 1.29 is 4.79 Å². The lowest BCUT2D eigenvalue weighted by Gasteiger charge is -2.39. The molecule has 3 nitrogen and oxygen atoms in total. The van der Waals surface area contributed by atoms with E-state index in [-0.39, 0.29) is 5.41 Å². The SMILES string of the molecule is CC1CN(C(=O)C2(CN)CCCC2)CC(C)S1. The number of rotatable bonds is 2. The molecule has 1 amide bonds. The fraction of sp³-hybridized carbons (Fsp3) is 0.923. The van der Waals surface area contributed by atoms with Gasteiger partial charge in [0.1, 0.15) is 0 Å². The number of nitrogens with zero attached hydrogens (tertiary/aromatic N) is 1. The summed E-state index contributed by atoms with van der Waals surface area (Å²) < 4.78 is 0. The van der Waals surface area contributed by atoms with Crippen molar-refractivity contribution in [2.24, 2.45) is 11.1 Å². The molecular weight excluding hydrogens is 232 g/mol. The van der Waals surface area contributed by atoms with Crippen molar-refractivity contribution in [3.05, 3.63) is 0 Å². The number of carbonyl (C=O) groups excluding carboxylic acids is 1. The molecule has 1 heterocycles. The number of carbonyl (C=O) groups is 1. The molecule has 0 bridgehead atoms. The van der Waals surface area contributed by atoms with E-state index >= 15 is 0 Å². The van der Waals surface area contributed by atoms with E-state index in [9.17, 15) is 4.79 Å². The molecule has 2 aliphatic rings. The predicted molar refractivity (Wildman–Crippen MR) is 73.1 cm³/mol. The first kappa shape index (κ1) is 13.2. The second kappa shape index (κ2) is 5.19. The van der Waals surface area contributed by atoms with Crippen molar-refractivity contribution in [3.63, 3.8) is 0 Å². The van der Waals surface area contributed by atoms with Crippen molar-refractivity contribution in [1.29, 1.82) is 0 Å². The Bertz CT molecular complexity index is 279. The minimum absolute atomic E-state index is 0.221. The molecular formula is C13H24N2OS. The van der Waals surface area contributed by atoms with Gasteiger partial charge in [-0.2, -0.15) is 11.8 Å². The lowest BCUT2D eigenvalue weighted by atomic mass is 9.84. The molecule has 0 radical (unpaired) electrons. The van der Waals surface area contributed by atoms with E-state index in [2.05, 4.69) is 18.7 Å². The average molecular weight is 256 g/mol. The topological polar surface area (TPSA) is 46.3 Å². The van der Waals surface area contributed by atoms with Crippen LogP contribution in [0.4, 0.5) is 0 Å². The average Bonchev–Trinajstić information content (AvgIpc) is 2.76. The van der Waals surface area contributed by atoms with Crippen LogP contribution in [-0.2, 0) is 4.79 Å². The molecule has 1 aliphatic carbocycles. The van der Waals surface area contributed by atoms with E-state index < -0.39 is 0 Å². The molecule has 4 heteroatoms. The van der Waals surface area contributed by atoms with Crippen molar-refractivity contribution in [2.75, 3.05) is 19.6 Å². The van der Waals surface area contributed by atoms with E-state index in [0.717, 1.165) is 38.8 Å². The van der Waals surface area contributed by atoms with Gasteiger partial charge in [0, 0.05) is 30.1 Å². The van der Waals surface area contributed by atoms with Crippen LogP contribution in [0.1, 0.15) is 39.5 Å². The van der Waals surface area contributed by atoms with Crippen LogP contribution in [0.3, 0.4) is 0 Å². The Morgan fingerprint density at radius 3 is 2.29 bits per heavy atom. The maximum Gasteiger partial charge on any atom is 0.230 e. The highest BCUT2D eigenvalue weighted by molar-refractivity contribution is 8.00. The van der Waals surface area contributed by atoms with Gasteiger partial charge < -0.3 is 10.6 Å². The van der Waals surface area contributed by atoms with Gasteiger partial charge in [-0.25, -0.2) is 0 Å². The third-order valence-electron chi connectivity index (χ3n) is 4.11. The fourth-order valence-electron chi connectivity index (χ4n) is 3.24. The Hall–Kier alpha value is -0.220. The Morgan fingerprint density at radius 1 is 1.29 bits per heavy atom. The number of thioether (sulfide) groups is 1. The van der Waals surface area contributed by atoms with E-state index in [1.807, 2.05) is 11.8 Å². The summed E-state index contributed by atoms with van der Waals surface area (Å²) in [6.45, 7) is 6.75. The Labute approximate surface area is 108 Å². The molecule has 1 saturated carbocycles. The van der Waals surface area contributed by atoms with Gasteiger partial charge in [-0.15, -0.1) is 0 Å². The molecule has 0 spiro atoms. The normalized spacial score (nSPS) is 32.8. The molecule has 2 N–H and O–H groups in total. The predicted octanol–water partition coefficient (Wildman–Crippen LogP) is 1.86. The van der Waals surface area contributed by atoms with E-state index in [1.54, 1.807) is 0 Å². The molecule has 0 aromatic rings. The molecule has 2 rings (SSSR count). The first-order chi connectivity index (χ1) is 8.07. The van der Waals surface area contributed by atoms with Gasteiger partial charge in [-0.05, 0) is 12.8 Å². The van der Waals surface area contributed by atoms with Crippen LogP contribution in [-0.4, -0.2) is 40.9 Å². The second-order valence-electron chi connectivity index (χ2n) is 5.66. The maximum absolute atomic E-state index is 12.7. The largest absolute Gasteiger partial charge is 0.340 e. The molecule has 2 atom stereocenters. The molecule has 1 aliphatic heterocycles. The lowest BCUT2D eigenvalue weighted by molar-refractivity contribution is -0.141. The van der Waals surface area contributed by atoms with Gasteiger partial charge in [0.15, 0.2) is 0 Å². The summed E-state index contributed by atoms with van der Waals surface area (Å²) in [4.78, 5) is 14.8. The molecule has 2 fully saturated rings. The zero-order chi connectivity index (χ0) is 12.5. The standard InChI is InChI=1S/C13H24N2OS/c1-10-7-15(8-11(2)17-10)12(16)13(9-14)5-3-4-6-13/h10-11H,3-9,14H2,1-2H3. The highest BCUT2D eigenvalue weighted by Crippen LogP contribution is 2.40. The van der Waals surface area contributed by atoms with Crippen LogP contribution in [0.15, 0.2) is 0 Å². The second-order valence-corrected chi connectivity index (χ2v) is 7.54. The Balaban J connectivity index is 2.08. The number of amides is 1. The fourth-order valence-corrected chi connectivity index (χ4v) is 4.56. The van der Waals surface area contributed by atoms with E-state index in [4.69, 9.17) is 5.73 Å². The summed E-state index contributed by atoms with van der Waals surface area (Å²) in [6.07, 6.45) is 4.32. The first-order valence-electron chi connectivity index (χ1n) is 6.72. The summed E-state index contributed by atoms with van der Waals surface area (Å²) in [5.41, 5.74) is 5.67. The van der Waals surface area contributed by atoms with Crippen molar-refractivity contribution in [2.45, 2.75) is 50.0 Å². The Kier molecular flexibility index (Phi) is 4.03. The zero-order valence-corrected chi connectivity index (χ0v) is 11.8. The quantitative estimate of drug-likeness (QED) is 0.820. The summed E-state index contributed by atoms with van der Waals surface area (Å²) in [6, 6.07) is 0. The van der Waals surface area contributed by atoms with Gasteiger partial charge in [0.2, 0.25) is 5.91 Å². The summed E-state index contributed by atoms with van der Waals surface area (Å²) in [7, 11) is 0. The Morgan fingerprint density at radius 2 is 1.82 bits per heavy atom. The van der Waals surface area contributed by atoms with Gasteiger partial charge in [-0.1, -0.05) is 26.7 Å². The first-order valence-corrected chi connectivity index (χ1v) is 7.66. The van der Waals surface area contributed by atoms with Crippen molar-refractivity contribution in [1.82, 2.24) is 4.90 Å². The van der Waals surface area contributed by atoms with Gasteiger partial charge >= 0.3 is 0 Å². The van der Waals surface area contributed by atoms with Crippen LogP contribution in [0.2, 0.25) is 0 Å². The third kappa shape index (κ3) is 2.63. The zero-order valence-electron chi connectivity index (χ0n) is 10.9. The smallest absolute Gasteiger partial charge is 0.230 e. The van der Waals surface area contributed by atoms with Crippen LogP contribution in [0.5, 0.6) is 0 Å². The van der Waals surface area contributed by atoms with Gasteiger partial charge in [0.05, 0.1) is 5.41 Å². The van der Waals surface area contributed by atoms with E-state index in [1.165, 1.54) is 0 Å². The number of hydrogen-bond donors (Lipinski definition) is 1. The number of hydrogen-bond acceptors (Lipinski definition) is 3. The van der Waals surface area contributed by atoms with Crippen LogP contribution in [0, 0.1) is 5.41 Å². The molecule has 1 saturated heterocycles. The minimum Gasteiger partial charge on any atom is -0.340 e. The molecule has 17 heavy (non-hydrogen) atoms. The third-order valence-corrected chi connectivity index (χ3v) is 5.34. The molecule has 98 valence electrons.